The van der Waals surface area contributed by atoms with Crippen LogP contribution >= 0.6 is 27.5 Å². The molecule has 0 spiro atoms. The van der Waals surface area contributed by atoms with Crippen molar-refractivity contribution in [2.75, 3.05) is 0 Å². The summed E-state index contributed by atoms with van der Waals surface area (Å²) in [6.45, 7) is 1.99. The van der Waals surface area contributed by atoms with E-state index in [4.69, 9.17) is 11.6 Å². The van der Waals surface area contributed by atoms with Gasteiger partial charge in [0, 0.05) is 7.05 Å². The molecule has 0 amide bonds. The normalized spacial score (nSPS) is 10.3. The minimum Gasteiger partial charge on any atom is -0.274 e. The summed E-state index contributed by atoms with van der Waals surface area (Å²) in [5.74, 6) is 0. The average molecular weight is 252 g/mol. The SMILES string of the molecule is CCc1c(Br)c(C(=O)Cl)nn1C. The second-order valence-corrected chi connectivity index (χ2v) is 3.50. The second kappa shape index (κ2) is 3.58. The molecule has 0 N–H and O–H groups in total. The molecule has 0 saturated carbocycles. The molecule has 5 heteroatoms. The summed E-state index contributed by atoms with van der Waals surface area (Å²) in [6, 6.07) is 0. The van der Waals surface area contributed by atoms with Gasteiger partial charge in [-0.2, -0.15) is 5.10 Å². The lowest BCUT2D eigenvalue weighted by atomic mass is 10.3. The summed E-state index contributed by atoms with van der Waals surface area (Å²) < 4.78 is 2.35. The number of rotatable bonds is 2. The molecule has 66 valence electrons. The molecular weight excluding hydrogens is 243 g/mol. The van der Waals surface area contributed by atoms with Gasteiger partial charge in [0.25, 0.3) is 5.24 Å². The number of carbonyl (C=O) groups excluding carboxylic acids is 1. The van der Waals surface area contributed by atoms with E-state index in [-0.39, 0.29) is 5.69 Å². The van der Waals surface area contributed by atoms with Crippen LogP contribution in [0.15, 0.2) is 4.47 Å². The van der Waals surface area contributed by atoms with Crippen LogP contribution in [0.25, 0.3) is 0 Å². The number of carbonyl (C=O) groups is 1. The van der Waals surface area contributed by atoms with Gasteiger partial charge in [-0.1, -0.05) is 6.92 Å². The fourth-order valence-electron chi connectivity index (χ4n) is 1.04. The number of hydrogen-bond donors (Lipinski definition) is 0. The largest absolute Gasteiger partial charge is 0.274 e. The van der Waals surface area contributed by atoms with Crippen LogP contribution in [0.5, 0.6) is 0 Å². The summed E-state index contributed by atoms with van der Waals surface area (Å²) in [5, 5.41) is 3.44. The fourth-order valence-corrected chi connectivity index (χ4v) is 2.09. The Hall–Kier alpha value is -0.350. The van der Waals surface area contributed by atoms with Gasteiger partial charge in [-0.25, -0.2) is 0 Å². The van der Waals surface area contributed by atoms with Gasteiger partial charge >= 0.3 is 0 Å². The quantitative estimate of drug-likeness (QED) is 0.755. The highest BCUT2D eigenvalue weighted by atomic mass is 79.9. The van der Waals surface area contributed by atoms with Gasteiger partial charge in [-0.3, -0.25) is 9.48 Å². The van der Waals surface area contributed by atoms with E-state index in [2.05, 4.69) is 21.0 Å². The Bertz CT molecular complexity index is 321. The second-order valence-electron chi connectivity index (χ2n) is 2.36. The predicted octanol–water partition coefficient (Wildman–Crippen LogP) is 2.12. The molecule has 0 radical (unpaired) electrons. The molecule has 0 aromatic carbocycles. The molecule has 1 aromatic rings. The summed E-state index contributed by atoms with van der Waals surface area (Å²) in [5.41, 5.74) is 1.26. The highest BCUT2D eigenvalue weighted by Gasteiger charge is 2.16. The minimum absolute atomic E-state index is 0.288. The first-order chi connectivity index (χ1) is 5.57. The van der Waals surface area contributed by atoms with E-state index in [1.54, 1.807) is 11.7 Å². The first-order valence-electron chi connectivity index (χ1n) is 3.49. The lowest BCUT2D eigenvalue weighted by Crippen LogP contribution is -1.97. The van der Waals surface area contributed by atoms with Gasteiger partial charge in [0.15, 0.2) is 5.69 Å². The van der Waals surface area contributed by atoms with Crippen molar-refractivity contribution in [1.29, 1.82) is 0 Å². The molecule has 0 aliphatic heterocycles. The number of aryl methyl sites for hydroxylation is 1. The Kier molecular flexibility index (Phi) is 2.90. The van der Waals surface area contributed by atoms with Crippen LogP contribution in [0, 0.1) is 0 Å². The van der Waals surface area contributed by atoms with Crippen molar-refractivity contribution in [2.24, 2.45) is 7.05 Å². The maximum Gasteiger partial charge on any atom is 0.273 e. The van der Waals surface area contributed by atoms with E-state index in [9.17, 15) is 4.79 Å². The molecule has 0 bridgehead atoms. The van der Waals surface area contributed by atoms with Crippen molar-refractivity contribution in [2.45, 2.75) is 13.3 Å². The molecule has 0 fully saturated rings. The highest BCUT2D eigenvalue weighted by Crippen LogP contribution is 2.22. The minimum atomic E-state index is -0.530. The number of nitrogens with zero attached hydrogens (tertiary/aromatic N) is 2. The van der Waals surface area contributed by atoms with Crippen LogP contribution in [0.2, 0.25) is 0 Å². The van der Waals surface area contributed by atoms with Gasteiger partial charge in [0.05, 0.1) is 10.2 Å². The van der Waals surface area contributed by atoms with E-state index in [1.807, 2.05) is 6.92 Å². The van der Waals surface area contributed by atoms with Crippen LogP contribution in [0.1, 0.15) is 23.1 Å². The Labute approximate surface area is 83.8 Å². The Morgan fingerprint density at radius 1 is 1.75 bits per heavy atom. The van der Waals surface area contributed by atoms with Gasteiger partial charge in [-0.05, 0) is 34.0 Å². The van der Waals surface area contributed by atoms with Crippen LogP contribution < -0.4 is 0 Å². The van der Waals surface area contributed by atoms with Crippen LogP contribution in [0.3, 0.4) is 0 Å². The standard InChI is InChI=1S/C7H8BrClN2O/c1-3-4-5(8)6(7(9)12)10-11(4)2/h3H2,1-2H3. The lowest BCUT2D eigenvalue weighted by molar-refractivity contribution is 0.107. The van der Waals surface area contributed by atoms with Crippen molar-refractivity contribution in [3.63, 3.8) is 0 Å². The molecule has 0 aliphatic carbocycles. The summed E-state index contributed by atoms with van der Waals surface area (Å²) >= 11 is 8.58. The van der Waals surface area contributed by atoms with Crippen LogP contribution in [-0.4, -0.2) is 15.0 Å². The van der Waals surface area contributed by atoms with Crippen LogP contribution in [0.4, 0.5) is 0 Å². The highest BCUT2D eigenvalue weighted by molar-refractivity contribution is 9.10. The van der Waals surface area contributed by atoms with Crippen LogP contribution in [-0.2, 0) is 13.5 Å². The third-order valence-electron chi connectivity index (χ3n) is 1.62. The lowest BCUT2D eigenvalue weighted by Gasteiger charge is -1.95. The van der Waals surface area contributed by atoms with Gasteiger partial charge in [0.1, 0.15) is 0 Å². The van der Waals surface area contributed by atoms with E-state index >= 15 is 0 Å². The molecule has 1 aromatic heterocycles. The maximum atomic E-state index is 10.8. The molecule has 1 heterocycles. The monoisotopic (exact) mass is 250 g/mol. The van der Waals surface area contributed by atoms with E-state index in [0.29, 0.717) is 4.47 Å². The summed E-state index contributed by atoms with van der Waals surface area (Å²) in [7, 11) is 1.78. The molecule has 0 atom stereocenters. The number of hydrogen-bond acceptors (Lipinski definition) is 2. The van der Waals surface area contributed by atoms with Gasteiger partial charge in [0.2, 0.25) is 0 Å². The third-order valence-corrected chi connectivity index (χ3v) is 2.64. The van der Waals surface area contributed by atoms with Crippen molar-refractivity contribution in [3.05, 3.63) is 15.9 Å². The predicted molar refractivity (Wildman–Crippen MR) is 50.5 cm³/mol. The first kappa shape index (κ1) is 9.74. The first-order valence-corrected chi connectivity index (χ1v) is 4.66. The van der Waals surface area contributed by atoms with E-state index in [1.165, 1.54) is 0 Å². The summed E-state index contributed by atoms with van der Waals surface area (Å²) in [4.78, 5) is 10.8. The molecule has 0 unspecified atom stereocenters. The van der Waals surface area contributed by atoms with Gasteiger partial charge < -0.3 is 0 Å². The Balaban J connectivity index is 3.26. The Morgan fingerprint density at radius 3 is 2.58 bits per heavy atom. The zero-order chi connectivity index (χ0) is 9.30. The zero-order valence-electron chi connectivity index (χ0n) is 6.77. The smallest absolute Gasteiger partial charge is 0.273 e. The zero-order valence-corrected chi connectivity index (χ0v) is 9.11. The molecule has 12 heavy (non-hydrogen) atoms. The van der Waals surface area contributed by atoms with Crippen molar-refractivity contribution in [1.82, 2.24) is 9.78 Å². The fraction of sp³-hybridized carbons (Fsp3) is 0.429. The summed E-state index contributed by atoms with van der Waals surface area (Å²) in [6.07, 6.45) is 0.814. The topological polar surface area (TPSA) is 34.9 Å². The molecule has 0 aliphatic rings. The number of halogens is 2. The molecule has 0 saturated heterocycles. The van der Waals surface area contributed by atoms with E-state index in [0.717, 1.165) is 12.1 Å². The van der Waals surface area contributed by atoms with Crippen molar-refractivity contribution >= 4 is 32.8 Å². The molecule has 3 nitrogen and oxygen atoms in total. The molecule has 1 rings (SSSR count). The maximum absolute atomic E-state index is 10.8. The average Bonchev–Trinajstić information content (AvgIpc) is 2.27. The van der Waals surface area contributed by atoms with E-state index < -0.39 is 5.24 Å². The molecular formula is C7H8BrClN2O. The van der Waals surface area contributed by atoms with Crippen molar-refractivity contribution in [3.8, 4) is 0 Å². The van der Waals surface area contributed by atoms with Gasteiger partial charge in [-0.15, -0.1) is 0 Å². The van der Waals surface area contributed by atoms with Crippen molar-refractivity contribution < 1.29 is 4.79 Å². The third kappa shape index (κ3) is 1.54. The Morgan fingerprint density at radius 2 is 2.33 bits per heavy atom. The number of aromatic nitrogens is 2.